The third kappa shape index (κ3) is 3.57. The lowest BCUT2D eigenvalue weighted by molar-refractivity contribution is -0.683. The van der Waals surface area contributed by atoms with Crippen LogP contribution in [0.2, 0.25) is 0 Å². The average molecular weight is 250 g/mol. The molecule has 1 aromatic carbocycles. The minimum Gasteiger partial charge on any atom is -1.00 e. The average Bonchev–Trinajstić information content (AvgIpc) is 2.30. The number of pyridine rings is 1. The molecule has 0 spiro atoms. The zero-order valence-electron chi connectivity index (χ0n) is 9.08. The van der Waals surface area contributed by atoms with Crippen molar-refractivity contribution in [2.24, 2.45) is 0 Å². The molecule has 0 radical (unpaired) electrons. The van der Waals surface area contributed by atoms with E-state index in [1.807, 2.05) is 18.2 Å². The third-order valence-electron chi connectivity index (χ3n) is 2.26. The molecule has 1 N–H and O–H groups in total. The van der Waals surface area contributed by atoms with Crippen molar-refractivity contribution in [1.29, 1.82) is 0 Å². The predicted molar refractivity (Wildman–Crippen MR) is 59.1 cm³/mol. The lowest BCUT2D eigenvalue weighted by Crippen LogP contribution is -3.00. The first-order chi connectivity index (χ1) is 7.75. The maximum atomic E-state index is 11.8. The Kier molecular flexibility index (Phi) is 4.67. The van der Waals surface area contributed by atoms with Gasteiger partial charge in [-0.3, -0.25) is 4.79 Å². The summed E-state index contributed by atoms with van der Waals surface area (Å²) in [5.74, 6) is 0.180. The second-order valence-corrected chi connectivity index (χ2v) is 3.52. The van der Waals surface area contributed by atoms with Gasteiger partial charge < -0.3 is 17.5 Å². The zero-order valence-corrected chi connectivity index (χ0v) is 9.84. The van der Waals surface area contributed by atoms with Crippen LogP contribution in [-0.4, -0.2) is 10.9 Å². The fraction of sp³-hybridized carbons (Fsp3) is 0.0769. The Hall–Kier alpha value is -1.87. The zero-order chi connectivity index (χ0) is 11.4. The van der Waals surface area contributed by atoms with E-state index >= 15 is 0 Å². The van der Waals surface area contributed by atoms with Crippen LogP contribution in [0.4, 0.5) is 0 Å². The summed E-state index contributed by atoms with van der Waals surface area (Å²) in [5, 5.41) is 9.26. The highest BCUT2D eigenvalue weighted by atomic mass is 35.5. The number of benzene rings is 1. The highest BCUT2D eigenvalue weighted by Crippen LogP contribution is 2.02. The number of carbonyl (C=O) groups is 1. The summed E-state index contributed by atoms with van der Waals surface area (Å²) in [5.41, 5.74) is 0.679. The first-order valence-corrected chi connectivity index (χ1v) is 5.02. The predicted octanol–water partition coefficient (Wildman–Crippen LogP) is -1.43. The van der Waals surface area contributed by atoms with Crippen LogP contribution in [0.5, 0.6) is 5.75 Å². The molecule has 1 heterocycles. The molecule has 0 aliphatic rings. The lowest BCUT2D eigenvalue weighted by atomic mass is 10.1. The van der Waals surface area contributed by atoms with Crippen molar-refractivity contribution in [1.82, 2.24) is 0 Å². The highest BCUT2D eigenvalue weighted by Gasteiger charge is 2.11. The van der Waals surface area contributed by atoms with Crippen molar-refractivity contribution >= 4 is 5.78 Å². The van der Waals surface area contributed by atoms with E-state index in [9.17, 15) is 9.90 Å². The largest absolute Gasteiger partial charge is 1.00 e. The molecular formula is C13H12ClNO2. The number of aromatic hydroxyl groups is 1. The highest BCUT2D eigenvalue weighted by molar-refractivity contribution is 5.94. The molecule has 4 heteroatoms. The van der Waals surface area contributed by atoms with E-state index in [-0.39, 0.29) is 30.5 Å². The Balaban J connectivity index is 0.00000144. The van der Waals surface area contributed by atoms with Gasteiger partial charge in [-0.2, -0.15) is 4.57 Å². The van der Waals surface area contributed by atoms with Crippen molar-refractivity contribution < 1.29 is 26.9 Å². The summed E-state index contributed by atoms with van der Waals surface area (Å²) >= 11 is 0. The van der Waals surface area contributed by atoms with Crippen molar-refractivity contribution in [3.05, 3.63) is 60.4 Å². The van der Waals surface area contributed by atoms with Gasteiger partial charge in [0.05, 0.1) is 0 Å². The molecule has 0 amide bonds. The molecule has 0 atom stereocenters. The Labute approximate surface area is 106 Å². The first-order valence-electron chi connectivity index (χ1n) is 5.02. The molecule has 0 unspecified atom stereocenters. The van der Waals surface area contributed by atoms with Gasteiger partial charge in [-0.25, -0.2) is 0 Å². The second-order valence-electron chi connectivity index (χ2n) is 3.52. The summed E-state index contributed by atoms with van der Waals surface area (Å²) < 4.78 is 1.66. The summed E-state index contributed by atoms with van der Waals surface area (Å²) in [4.78, 5) is 11.8. The minimum atomic E-state index is 0. The van der Waals surface area contributed by atoms with Crippen LogP contribution >= 0.6 is 0 Å². The van der Waals surface area contributed by atoms with Crippen LogP contribution in [0, 0.1) is 0 Å². The Bertz CT molecular complexity index is 500. The van der Waals surface area contributed by atoms with E-state index in [0.29, 0.717) is 5.56 Å². The molecule has 0 fully saturated rings. The van der Waals surface area contributed by atoms with Crippen molar-refractivity contribution in [2.75, 3.05) is 0 Å². The van der Waals surface area contributed by atoms with Crippen LogP contribution in [0.1, 0.15) is 10.4 Å². The Morgan fingerprint density at radius 3 is 2.47 bits per heavy atom. The standard InChI is InChI=1S/C13H11NO2.ClH/c15-12-7-4-8-14(9-12)10-13(16)11-5-2-1-3-6-11;/h1-9H,10H2;1H. The molecule has 0 bridgehead atoms. The smallest absolute Gasteiger partial charge is 0.227 e. The normalized spacial score (nSPS) is 9.41. The van der Waals surface area contributed by atoms with Crippen LogP contribution in [0.15, 0.2) is 54.9 Å². The molecule has 2 rings (SSSR count). The van der Waals surface area contributed by atoms with E-state index in [1.54, 1.807) is 35.0 Å². The lowest BCUT2D eigenvalue weighted by Gasteiger charge is -1.97. The monoisotopic (exact) mass is 249 g/mol. The molecule has 2 aromatic rings. The van der Waals surface area contributed by atoms with Gasteiger partial charge in [-0.15, -0.1) is 0 Å². The topological polar surface area (TPSA) is 41.2 Å². The van der Waals surface area contributed by atoms with E-state index in [1.165, 1.54) is 6.20 Å². The molecule has 0 saturated heterocycles. The number of aromatic nitrogens is 1. The Morgan fingerprint density at radius 1 is 1.12 bits per heavy atom. The number of ketones is 1. The third-order valence-corrected chi connectivity index (χ3v) is 2.26. The molecule has 17 heavy (non-hydrogen) atoms. The number of Topliss-reactive ketones (excluding diaryl/α,β-unsaturated/α-hetero) is 1. The molecule has 0 aliphatic carbocycles. The summed E-state index contributed by atoms with van der Waals surface area (Å²) in [6.45, 7) is 0.235. The van der Waals surface area contributed by atoms with Gasteiger partial charge in [-0.1, -0.05) is 30.3 Å². The van der Waals surface area contributed by atoms with Crippen molar-refractivity contribution in [3.8, 4) is 5.75 Å². The van der Waals surface area contributed by atoms with Crippen LogP contribution in [-0.2, 0) is 6.54 Å². The Morgan fingerprint density at radius 2 is 1.82 bits per heavy atom. The minimum absolute atomic E-state index is 0. The first kappa shape index (κ1) is 13.2. The fourth-order valence-corrected chi connectivity index (χ4v) is 1.49. The van der Waals surface area contributed by atoms with Crippen LogP contribution < -0.4 is 17.0 Å². The van der Waals surface area contributed by atoms with Gasteiger partial charge in [-0.05, 0) is 6.07 Å². The van der Waals surface area contributed by atoms with Gasteiger partial charge in [0.1, 0.15) is 0 Å². The number of hydrogen-bond acceptors (Lipinski definition) is 2. The van der Waals surface area contributed by atoms with Crippen molar-refractivity contribution in [2.45, 2.75) is 6.54 Å². The van der Waals surface area contributed by atoms with Gasteiger partial charge in [0.25, 0.3) is 0 Å². The summed E-state index contributed by atoms with van der Waals surface area (Å²) in [7, 11) is 0. The second kappa shape index (κ2) is 6.01. The van der Waals surface area contributed by atoms with Gasteiger partial charge in [0.15, 0.2) is 11.9 Å². The van der Waals surface area contributed by atoms with Gasteiger partial charge in [0.2, 0.25) is 18.5 Å². The number of nitrogens with zero attached hydrogens (tertiary/aromatic N) is 1. The van der Waals surface area contributed by atoms with Crippen LogP contribution in [0.3, 0.4) is 0 Å². The van der Waals surface area contributed by atoms with Crippen LogP contribution in [0.25, 0.3) is 0 Å². The van der Waals surface area contributed by atoms with Gasteiger partial charge >= 0.3 is 0 Å². The van der Waals surface area contributed by atoms with E-state index in [2.05, 4.69) is 0 Å². The van der Waals surface area contributed by atoms with E-state index in [0.717, 1.165) is 0 Å². The SMILES string of the molecule is O=C(C[n+]1cccc(O)c1)c1ccccc1.[Cl-]. The summed E-state index contributed by atoms with van der Waals surface area (Å²) in [6, 6.07) is 12.4. The number of hydrogen-bond donors (Lipinski definition) is 1. The molecular weight excluding hydrogens is 238 g/mol. The molecule has 3 nitrogen and oxygen atoms in total. The number of rotatable bonds is 3. The van der Waals surface area contributed by atoms with Crippen molar-refractivity contribution in [3.63, 3.8) is 0 Å². The fourth-order valence-electron chi connectivity index (χ4n) is 1.49. The quantitative estimate of drug-likeness (QED) is 0.535. The van der Waals surface area contributed by atoms with E-state index in [4.69, 9.17) is 0 Å². The number of carbonyl (C=O) groups excluding carboxylic acids is 1. The van der Waals surface area contributed by atoms with Gasteiger partial charge in [0, 0.05) is 11.6 Å². The van der Waals surface area contributed by atoms with E-state index < -0.39 is 0 Å². The molecule has 0 aliphatic heterocycles. The maximum Gasteiger partial charge on any atom is 0.227 e. The molecule has 0 saturated carbocycles. The summed E-state index contributed by atoms with van der Waals surface area (Å²) in [6.07, 6.45) is 3.28. The number of halogens is 1. The maximum absolute atomic E-state index is 11.8. The molecule has 88 valence electrons. The molecule has 1 aromatic heterocycles.